The normalized spacial score (nSPS) is 10.0. The SMILES string of the molecule is COc1ccc(OC)c(-n2c[c]cc2)c1. The minimum absolute atomic E-state index is 0.805. The smallest absolute Gasteiger partial charge is 0.143 e. The third kappa shape index (κ3) is 1.81. The van der Waals surface area contributed by atoms with Crippen molar-refractivity contribution < 1.29 is 9.47 Å². The summed E-state index contributed by atoms with van der Waals surface area (Å²) in [4.78, 5) is 0. The maximum atomic E-state index is 5.28. The lowest BCUT2D eigenvalue weighted by atomic mass is 10.2. The van der Waals surface area contributed by atoms with Gasteiger partial charge in [0.2, 0.25) is 0 Å². The van der Waals surface area contributed by atoms with Crippen LogP contribution in [0.15, 0.2) is 36.7 Å². The van der Waals surface area contributed by atoms with Crippen LogP contribution in [0.3, 0.4) is 0 Å². The molecule has 0 spiro atoms. The highest BCUT2D eigenvalue weighted by atomic mass is 16.5. The monoisotopic (exact) mass is 202 g/mol. The van der Waals surface area contributed by atoms with Gasteiger partial charge in [-0.15, -0.1) is 0 Å². The molecule has 1 heterocycles. The summed E-state index contributed by atoms with van der Waals surface area (Å²) in [5.41, 5.74) is 0.943. The van der Waals surface area contributed by atoms with Crippen molar-refractivity contribution in [1.29, 1.82) is 0 Å². The van der Waals surface area contributed by atoms with Crippen LogP contribution in [0.1, 0.15) is 0 Å². The van der Waals surface area contributed by atoms with Crippen molar-refractivity contribution in [3.05, 3.63) is 42.7 Å². The molecule has 0 aliphatic heterocycles. The molecule has 0 saturated carbocycles. The fraction of sp³-hybridized carbons (Fsp3) is 0.167. The third-order valence-corrected chi connectivity index (χ3v) is 2.21. The summed E-state index contributed by atoms with van der Waals surface area (Å²) in [6.45, 7) is 0. The number of ether oxygens (including phenoxy) is 2. The minimum Gasteiger partial charge on any atom is -0.497 e. The van der Waals surface area contributed by atoms with Crippen LogP contribution in [0.4, 0.5) is 0 Å². The predicted molar refractivity (Wildman–Crippen MR) is 57.7 cm³/mol. The van der Waals surface area contributed by atoms with Gasteiger partial charge in [-0.3, -0.25) is 0 Å². The highest BCUT2D eigenvalue weighted by Gasteiger charge is 2.05. The Bertz CT molecular complexity index is 435. The Balaban J connectivity index is 2.52. The van der Waals surface area contributed by atoms with Gasteiger partial charge in [-0.05, 0) is 18.2 Å². The molecule has 0 unspecified atom stereocenters. The number of methoxy groups -OCH3 is 2. The zero-order chi connectivity index (χ0) is 10.7. The van der Waals surface area contributed by atoms with E-state index in [1.165, 1.54) is 0 Å². The molecule has 0 aliphatic rings. The second-order valence-electron chi connectivity index (χ2n) is 3.06. The average molecular weight is 202 g/mol. The van der Waals surface area contributed by atoms with Gasteiger partial charge in [0.05, 0.1) is 19.9 Å². The van der Waals surface area contributed by atoms with Gasteiger partial charge in [0, 0.05) is 24.5 Å². The highest BCUT2D eigenvalue weighted by Crippen LogP contribution is 2.27. The lowest BCUT2D eigenvalue weighted by Gasteiger charge is -2.10. The standard InChI is InChI=1S/C12H12NO2/c1-14-10-5-6-12(15-2)11(9-10)13-7-3-4-8-13/h3,5-9H,1-2H3. The molecule has 2 aromatic rings. The molecule has 3 nitrogen and oxygen atoms in total. The van der Waals surface area contributed by atoms with Gasteiger partial charge in [0.1, 0.15) is 11.5 Å². The van der Waals surface area contributed by atoms with Crippen LogP contribution in [0, 0.1) is 6.07 Å². The van der Waals surface area contributed by atoms with Gasteiger partial charge < -0.3 is 14.0 Å². The third-order valence-electron chi connectivity index (χ3n) is 2.21. The minimum atomic E-state index is 0.805. The lowest BCUT2D eigenvalue weighted by Crippen LogP contribution is -1.96. The first-order chi connectivity index (χ1) is 7.35. The topological polar surface area (TPSA) is 23.4 Å². The van der Waals surface area contributed by atoms with E-state index in [9.17, 15) is 0 Å². The fourth-order valence-corrected chi connectivity index (χ4v) is 1.44. The number of hydrogen-bond acceptors (Lipinski definition) is 2. The van der Waals surface area contributed by atoms with E-state index in [1.807, 2.05) is 41.2 Å². The van der Waals surface area contributed by atoms with Crippen LogP contribution in [0.5, 0.6) is 11.5 Å². The Labute approximate surface area is 88.9 Å². The highest BCUT2D eigenvalue weighted by molar-refractivity contribution is 5.51. The summed E-state index contributed by atoms with van der Waals surface area (Å²) >= 11 is 0. The van der Waals surface area contributed by atoms with E-state index in [-0.39, 0.29) is 0 Å². The second-order valence-corrected chi connectivity index (χ2v) is 3.06. The molecule has 0 atom stereocenters. The average Bonchev–Trinajstić information content (AvgIpc) is 2.81. The van der Waals surface area contributed by atoms with Crippen LogP contribution in [0.25, 0.3) is 5.69 Å². The molecular weight excluding hydrogens is 190 g/mol. The molecular formula is C12H12NO2. The molecule has 0 N–H and O–H groups in total. The van der Waals surface area contributed by atoms with Crippen molar-refractivity contribution in [1.82, 2.24) is 4.57 Å². The van der Waals surface area contributed by atoms with Gasteiger partial charge >= 0.3 is 0 Å². The molecule has 1 radical (unpaired) electrons. The molecule has 0 amide bonds. The molecule has 0 fully saturated rings. The van der Waals surface area contributed by atoms with Crippen LogP contribution < -0.4 is 9.47 Å². The Kier molecular flexibility index (Phi) is 2.63. The largest absolute Gasteiger partial charge is 0.497 e. The summed E-state index contributed by atoms with van der Waals surface area (Å²) in [6.07, 6.45) is 3.76. The summed E-state index contributed by atoms with van der Waals surface area (Å²) in [5, 5.41) is 0. The Morgan fingerprint density at radius 1 is 1.20 bits per heavy atom. The van der Waals surface area contributed by atoms with Crippen molar-refractivity contribution in [2.45, 2.75) is 0 Å². The van der Waals surface area contributed by atoms with E-state index in [1.54, 1.807) is 14.2 Å². The maximum Gasteiger partial charge on any atom is 0.143 e. The van der Waals surface area contributed by atoms with E-state index in [0.29, 0.717) is 0 Å². The van der Waals surface area contributed by atoms with E-state index < -0.39 is 0 Å². The molecule has 77 valence electrons. The summed E-state index contributed by atoms with van der Waals surface area (Å²) in [6, 6.07) is 10.5. The van der Waals surface area contributed by atoms with Crippen molar-refractivity contribution in [3.63, 3.8) is 0 Å². The predicted octanol–water partition coefficient (Wildman–Crippen LogP) is 2.29. The molecule has 0 aliphatic carbocycles. The quantitative estimate of drug-likeness (QED) is 0.762. The van der Waals surface area contributed by atoms with Crippen LogP contribution in [-0.2, 0) is 0 Å². The van der Waals surface area contributed by atoms with Gasteiger partial charge in [-0.2, -0.15) is 0 Å². The van der Waals surface area contributed by atoms with Crippen molar-refractivity contribution in [2.75, 3.05) is 14.2 Å². The first kappa shape index (κ1) is 9.65. The van der Waals surface area contributed by atoms with E-state index in [2.05, 4.69) is 6.07 Å². The summed E-state index contributed by atoms with van der Waals surface area (Å²) < 4.78 is 12.4. The van der Waals surface area contributed by atoms with Crippen molar-refractivity contribution in [3.8, 4) is 17.2 Å². The molecule has 2 rings (SSSR count). The molecule has 15 heavy (non-hydrogen) atoms. The molecule has 3 heteroatoms. The number of nitrogens with zero attached hydrogens (tertiary/aromatic N) is 1. The summed E-state index contributed by atoms with van der Waals surface area (Å²) in [7, 11) is 3.30. The molecule has 1 aromatic heterocycles. The zero-order valence-electron chi connectivity index (χ0n) is 8.73. The first-order valence-electron chi connectivity index (χ1n) is 4.61. The van der Waals surface area contributed by atoms with Gasteiger partial charge in [-0.1, -0.05) is 0 Å². The summed E-state index contributed by atoms with van der Waals surface area (Å²) in [5.74, 6) is 1.61. The molecule has 0 saturated heterocycles. The van der Waals surface area contributed by atoms with Crippen LogP contribution >= 0.6 is 0 Å². The molecule has 1 aromatic carbocycles. The van der Waals surface area contributed by atoms with Crippen molar-refractivity contribution in [2.24, 2.45) is 0 Å². The van der Waals surface area contributed by atoms with Crippen LogP contribution in [-0.4, -0.2) is 18.8 Å². The first-order valence-corrected chi connectivity index (χ1v) is 4.61. The van der Waals surface area contributed by atoms with E-state index >= 15 is 0 Å². The van der Waals surface area contributed by atoms with Gasteiger partial charge in [0.15, 0.2) is 0 Å². The van der Waals surface area contributed by atoms with Gasteiger partial charge in [0.25, 0.3) is 0 Å². The molecule has 0 bridgehead atoms. The lowest BCUT2D eigenvalue weighted by molar-refractivity contribution is 0.401. The Morgan fingerprint density at radius 2 is 2.07 bits per heavy atom. The van der Waals surface area contributed by atoms with Crippen molar-refractivity contribution >= 4 is 0 Å². The number of benzene rings is 1. The van der Waals surface area contributed by atoms with E-state index in [4.69, 9.17) is 9.47 Å². The number of aromatic nitrogens is 1. The number of rotatable bonds is 3. The second kappa shape index (κ2) is 4.09. The Morgan fingerprint density at radius 3 is 2.67 bits per heavy atom. The van der Waals surface area contributed by atoms with E-state index in [0.717, 1.165) is 17.2 Å². The maximum absolute atomic E-state index is 5.28. The number of hydrogen-bond donors (Lipinski definition) is 0. The van der Waals surface area contributed by atoms with Crippen LogP contribution in [0.2, 0.25) is 0 Å². The van der Waals surface area contributed by atoms with Gasteiger partial charge in [-0.25, -0.2) is 0 Å². The Hall–Kier alpha value is -1.90. The zero-order valence-corrected chi connectivity index (χ0v) is 8.73. The fourth-order valence-electron chi connectivity index (χ4n) is 1.44.